The molecule has 0 saturated heterocycles. The summed E-state index contributed by atoms with van der Waals surface area (Å²) in [4.78, 5) is 12.3. The molecule has 1 aliphatic heterocycles. The zero-order valence-corrected chi connectivity index (χ0v) is 14.3. The van der Waals surface area contributed by atoms with Crippen LogP contribution in [0.25, 0.3) is 6.08 Å². The first-order valence-corrected chi connectivity index (χ1v) is 7.78. The molecular formula is C15H8Br2O6. The summed E-state index contributed by atoms with van der Waals surface area (Å²) in [6.45, 7) is 0. The Morgan fingerprint density at radius 3 is 2.39 bits per heavy atom. The van der Waals surface area contributed by atoms with Crippen LogP contribution in [0.2, 0.25) is 0 Å². The van der Waals surface area contributed by atoms with Crippen LogP contribution < -0.4 is 4.74 Å². The van der Waals surface area contributed by atoms with E-state index in [2.05, 4.69) is 31.9 Å². The second-order valence-electron chi connectivity index (χ2n) is 4.74. The van der Waals surface area contributed by atoms with Crippen molar-refractivity contribution in [3.05, 3.63) is 44.0 Å². The number of hydrogen-bond acceptors (Lipinski definition) is 6. The summed E-state index contributed by atoms with van der Waals surface area (Å²) in [7, 11) is 0. The van der Waals surface area contributed by atoms with Crippen LogP contribution in [-0.2, 0) is 0 Å². The van der Waals surface area contributed by atoms with Crippen LogP contribution in [0.1, 0.15) is 15.9 Å². The highest BCUT2D eigenvalue weighted by Gasteiger charge is 2.31. The number of aromatic hydroxyl groups is 4. The number of ketones is 1. The summed E-state index contributed by atoms with van der Waals surface area (Å²) in [6.07, 6.45) is 1.27. The molecule has 23 heavy (non-hydrogen) atoms. The van der Waals surface area contributed by atoms with Crippen LogP contribution in [0, 0.1) is 0 Å². The van der Waals surface area contributed by atoms with Gasteiger partial charge in [-0.3, -0.25) is 4.79 Å². The number of hydrogen-bond donors (Lipinski definition) is 4. The van der Waals surface area contributed by atoms with Crippen molar-refractivity contribution in [1.82, 2.24) is 0 Å². The SMILES string of the molecule is O=C1C(=Cc2cc(Br)c(O)c(Br)c2O)Oc2cc(O)cc(O)c21. The molecule has 1 heterocycles. The number of allylic oxidation sites excluding steroid dienone is 1. The second-order valence-corrected chi connectivity index (χ2v) is 6.38. The molecule has 8 heteroatoms. The van der Waals surface area contributed by atoms with Gasteiger partial charge in [-0.1, -0.05) is 0 Å². The predicted molar refractivity (Wildman–Crippen MR) is 87.9 cm³/mol. The second kappa shape index (κ2) is 5.47. The number of carbonyl (C=O) groups is 1. The maximum atomic E-state index is 12.3. The number of ether oxygens (including phenoxy) is 1. The molecule has 2 aromatic rings. The van der Waals surface area contributed by atoms with Gasteiger partial charge in [0.15, 0.2) is 5.76 Å². The molecular weight excluding hydrogens is 436 g/mol. The lowest BCUT2D eigenvalue weighted by Crippen LogP contribution is -1.98. The molecule has 0 spiro atoms. The van der Waals surface area contributed by atoms with Crippen molar-refractivity contribution in [3.63, 3.8) is 0 Å². The van der Waals surface area contributed by atoms with Gasteiger partial charge >= 0.3 is 0 Å². The van der Waals surface area contributed by atoms with Gasteiger partial charge in [0.05, 0.1) is 4.47 Å². The highest BCUT2D eigenvalue weighted by molar-refractivity contribution is 9.11. The number of Topliss-reactive ketones (excluding diaryl/α,β-unsaturated/α-hetero) is 1. The summed E-state index contributed by atoms with van der Waals surface area (Å²) in [6, 6.07) is 3.64. The lowest BCUT2D eigenvalue weighted by atomic mass is 10.1. The monoisotopic (exact) mass is 442 g/mol. The zero-order valence-electron chi connectivity index (χ0n) is 11.2. The van der Waals surface area contributed by atoms with E-state index in [0.29, 0.717) is 4.47 Å². The third-order valence-corrected chi connectivity index (χ3v) is 4.58. The van der Waals surface area contributed by atoms with E-state index in [-0.39, 0.29) is 44.4 Å². The average Bonchev–Trinajstić information content (AvgIpc) is 2.78. The summed E-state index contributed by atoms with van der Waals surface area (Å²) < 4.78 is 5.70. The minimum atomic E-state index is -0.586. The molecule has 0 radical (unpaired) electrons. The Hall–Kier alpha value is -2.19. The quantitative estimate of drug-likeness (QED) is 0.501. The molecule has 3 rings (SSSR count). The van der Waals surface area contributed by atoms with Crippen molar-refractivity contribution in [2.24, 2.45) is 0 Å². The number of fused-ring (bicyclic) bond motifs is 1. The molecule has 6 nitrogen and oxygen atoms in total. The number of phenols is 4. The van der Waals surface area contributed by atoms with Crippen molar-refractivity contribution in [3.8, 4) is 28.7 Å². The van der Waals surface area contributed by atoms with E-state index >= 15 is 0 Å². The molecule has 2 aromatic carbocycles. The van der Waals surface area contributed by atoms with E-state index in [1.54, 1.807) is 0 Å². The van der Waals surface area contributed by atoms with Crippen molar-refractivity contribution in [2.45, 2.75) is 0 Å². The number of phenolic OH excluding ortho intramolecular Hbond substituents is 4. The van der Waals surface area contributed by atoms with Gasteiger partial charge in [0, 0.05) is 17.7 Å². The van der Waals surface area contributed by atoms with Gasteiger partial charge in [-0.25, -0.2) is 0 Å². The number of carbonyl (C=O) groups excluding carboxylic acids is 1. The molecule has 0 amide bonds. The minimum absolute atomic E-state index is 0.0233. The van der Waals surface area contributed by atoms with Crippen molar-refractivity contribution in [2.75, 3.05) is 0 Å². The highest BCUT2D eigenvalue weighted by Crippen LogP contribution is 2.44. The van der Waals surface area contributed by atoms with E-state index in [0.717, 1.165) is 6.07 Å². The fraction of sp³-hybridized carbons (Fsp3) is 0. The standard InChI is InChI=1S/C15H8Br2O6/c16-7-1-5(13(20)12(17)14(7)21)2-10-15(22)11-8(19)3-6(18)4-9(11)23-10/h1-4,18-21H. The number of halogens is 2. The van der Waals surface area contributed by atoms with E-state index in [4.69, 9.17) is 4.74 Å². The molecule has 1 aliphatic rings. The smallest absolute Gasteiger partial charge is 0.235 e. The van der Waals surface area contributed by atoms with Gasteiger partial charge in [0.2, 0.25) is 5.78 Å². The molecule has 0 bridgehead atoms. The lowest BCUT2D eigenvalue weighted by molar-refractivity contribution is 0.101. The van der Waals surface area contributed by atoms with Gasteiger partial charge in [-0.2, -0.15) is 0 Å². The Balaban J connectivity index is 2.10. The van der Waals surface area contributed by atoms with Crippen LogP contribution in [0.4, 0.5) is 0 Å². The Morgan fingerprint density at radius 2 is 1.70 bits per heavy atom. The summed E-state index contributed by atoms with van der Waals surface area (Å²) in [5.41, 5.74) is 0.145. The maximum absolute atomic E-state index is 12.3. The first-order valence-electron chi connectivity index (χ1n) is 6.19. The largest absolute Gasteiger partial charge is 0.508 e. The van der Waals surface area contributed by atoms with Crippen molar-refractivity contribution >= 4 is 43.7 Å². The fourth-order valence-corrected chi connectivity index (χ4v) is 3.30. The van der Waals surface area contributed by atoms with Gasteiger partial charge in [0.25, 0.3) is 0 Å². The Morgan fingerprint density at radius 1 is 1.00 bits per heavy atom. The summed E-state index contributed by atoms with van der Waals surface area (Å²) in [5, 5.41) is 38.9. The Bertz CT molecular complexity index is 888. The van der Waals surface area contributed by atoms with Crippen LogP contribution in [0.3, 0.4) is 0 Å². The number of benzene rings is 2. The lowest BCUT2D eigenvalue weighted by Gasteiger charge is -2.07. The van der Waals surface area contributed by atoms with Gasteiger partial charge < -0.3 is 25.2 Å². The van der Waals surface area contributed by atoms with Gasteiger partial charge in [-0.05, 0) is 44.0 Å². The van der Waals surface area contributed by atoms with Crippen LogP contribution in [0.15, 0.2) is 32.9 Å². The average molecular weight is 444 g/mol. The van der Waals surface area contributed by atoms with Crippen molar-refractivity contribution < 1.29 is 30.0 Å². The minimum Gasteiger partial charge on any atom is -0.508 e. The van der Waals surface area contributed by atoms with E-state index in [1.807, 2.05) is 0 Å². The van der Waals surface area contributed by atoms with Gasteiger partial charge in [0.1, 0.15) is 38.8 Å². The molecule has 0 unspecified atom stereocenters. The normalized spacial score (nSPS) is 14.9. The summed E-state index contributed by atoms with van der Waals surface area (Å²) in [5.74, 6) is -1.81. The molecule has 0 atom stereocenters. The first-order chi connectivity index (χ1) is 10.8. The first kappa shape index (κ1) is 15.7. The van der Waals surface area contributed by atoms with E-state index in [1.165, 1.54) is 18.2 Å². The third-order valence-electron chi connectivity index (χ3n) is 3.22. The summed E-state index contributed by atoms with van der Waals surface area (Å²) >= 11 is 6.16. The Kier molecular flexibility index (Phi) is 3.73. The third kappa shape index (κ3) is 2.53. The maximum Gasteiger partial charge on any atom is 0.235 e. The topological polar surface area (TPSA) is 107 Å². The Labute approximate surface area is 146 Å². The van der Waals surface area contributed by atoms with E-state index in [9.17, 15) is 25.2 Å². The molecule has 118 valence electrons. The zero-order chi connectivity index (χ0) is 16.9. The molecule has 0 aromatic heterocycles. The van der Waals surface area contributed by atoms with E-state index < -0.39 is 11.5 Å². The van der Waals surface area contributed by atoms with Gasteiger partial charge in [-0.15, -0.1) is 0 Å². The van der Waals surface area contributed by atoms with Crippen LogP contribution >= 0.6 is 31.9 Å². The molecule has 4 N–H and O–H groups in total. The molecule has 0 aliphatic carbocycles. The predicted octanol–water partition coefficient (Wildman–Crippen LogP) is 3.65. The fourth-order valence-electron chi connectivity index (χ4n) is 2.15. The van der Waals surface area contributed by atoms with Crippen LogP contribution in [-0.4, -0.2) is 26.2 Å². The molecule has 0 fully saturated rings. The number of rotatable bonds is 1. The highest BCUT2D eigenvalue weighted by atomic mass is 79.9. The van der Waals surface area contributed by atoms with Crippen molar-refractivity contribution in [1.29, 1.82) is 0 Å². The molecule has 0 saturated carbocycles. The van der Waals surface area contributed by atoms with Crippen LogP contribution in [0.5, 0.6) is 28.7 Å².